The van der Waals surface area contributed by atoms with Crippen LogP contribution in [-0.4, -0.2) is 41.1 Å². The van der Waals surface area contributed by atoms with Crippen molar-refractivity contribution in [2.45, 2.75) is 25.3 Å². The smallest absolute Gasteiger partial charge is 0.244 e. The van der Waals surface area contributed by atoms with Crippen molar-refractivity contribution in [2.75, 3.05) is 25.5 Å². The molecule has 1 fully saturated rings. The van der Waals surface area contributed by atoms with Crippen molar-refractivity contribution in [1.29, 1.82) is 0 Å². The van der Waals surface area contributed by atoms with Crippen LogP contribution in [0.2, 0.25) is 0 Å². The Morgan fingerprint density at radius 2 is 2.10 bits per heavy atom. The minimum Gasteiger partial charge on any atom is -0.497 e. The minimum atomic E-state index is -0.353. The van der Waals surface area contributed by atoms with E-state index in [2.05, 4.69) is 15.5 Å². The maximum Gasteiger partial charge on any atom is 0.244 e. The van der Waals surface area contributed by atoms with Crippen molar-refractivity contribution >= 4 is 11.6 Å². The summed E-state index contributed by atoms with van der Waals surface area (Å²) in [6, 6.07) is 13.1. The van der Waals surface area contributed by atoms with Crippen LogP contribution in [0.1, 0.15) is 31.2 Å². The van der Waals surface area contributed by atoms with Gasteiger partial charge in [-0.05, 0) is 55.8 Å². The first-order valence-corrected chi connectivity index (χ1v) is 9.90. The molecule has 1 unspecified atom stereocenters. The Hall–Kier alpha value is -3.26. The summed E-state index contributed by atoms with van der Waals surface area (Å²) in [6.45, 7) is 0.979. The van der Waals surface area contributed by atoms with Crippen molar-refractivity contribution in [3.8, 4) is 17.1 Å². The first-order valence-electron chi connectivity index (χ1n) is 9.90. The summed E-state index contributed by atoms with van der Waals surface area (Å²) in [4.78, 5) is 19.1. The van der Waals surface area contributed by atoms with E-state index in [9.17, 15) is 9.18 Å². The highest BCUT2D eigenvalue weighted by Crippen LogP contribution is 2.31. The molecule has 1 aromatic heterocycles. The monoisotopic (exact) mass is 410 g/mol. The molecule has 0 bridgehead atoms. The number of carbonyl (C=O) groups is 1. The highest BCUT2D eigenvalue weighted by molar-refractivity contribution is 5.92. The quantitative estimate of drug-likeness (QED) is 0.660. The minimum absolute atomic E-state index is 0.114. The third-order valence-electron chi connectivity index (χ3n) is 5.14. The molecule has 1 aliphatic rings. The molecular weight excluding hydrogens is 387 g/mol. The van der Waals surface area contributed by atoms with Gasteiger partial charge in [0.2, 0.25) is 17.6 Å². The molecule has 1 atom stereocenters. The first kappa shape index (κ1) is 20.0. The molecule has 156 valence electrons. The highest BCUT2D eigenvalue weighted by Gasteiger charge is 2.30. The summed E-state index contributed by atoms with van der Waals surface area (Å²) in [5, 5.41) is 6.91. The number of nitrogens with zero attached hydrogens (tertiary/aromatic N) is 3. The van der Waals surface area contributed by atoms with Crippen LogP contribution >= 0.6 is 0 Å². The molecule has 1 saturated heterocycles. The highest BCUT2D eigenvalue weighted by atomic mass is 19.1. The predicted octanol–water partition coefficient (Wildman–Crippen LogP) is 4.05. The third kappa shape index (κ3) is 4.65. The zero-order chi connectivity index (χ0) is 20.9. The normalized spacial score (nSPS) is 16.9. The molecule has 2 aromatic carbocycles. The van der Waals surface area contributed by atoms with Crippen LogP contribution in [0.3, 0.4) is 0 Å². The summed E-state index contributed by atoms with van der Waals surface area (Å²) in [6.07, 6.45) is 2.83. The summed E-state index contributed by atoms with van der Waals surface area (Å²) in [7, 11) is 1.60. The average molecular weight is 410 g/mol. The van der Waals surface area contributed by atoms with E-state index in [1.165, 1.54) is 12.1 Å². The van der Waals surface area contributed by atoms with Gasteiger partial charge in [0.1, 0.15) is 11.6 Å². The lowest BCUT2D eigenvalue weighted by molar-refractivity contribution is -0.118. The van der Waals surface area contributed by atoms with Crippen LogP contribution < -0.4 is 10.1 Å². The fourth-order valence-electron chi connectivity index (χ4n) is 3.63. The van der Waals surface area contributed by atoms with Gasteiger partial charge in [-0.2, -0.15) is 4.98 Å². The molecule has 7 nitrogen and oxygen atoms in total. The van der Waals surface area contributed by atoms with Crippen LogP contribution in [0.5, 0.6) is 5.75 Å². The van der Waals surface area contributed by atoms with Crippen molar-refractivity contribution in [3.63, 3.8) is 0 Å². The van der Waals surface area contributed by atoms with Crippen molar-refractivity contribution in [1.82, 2.24) is 15.0 Å². The van der Waals surface area contributed by atoms with E-state index < -0.39 is 0 Å². The lowest BCUT2D eigenvalue weighted by Gasteiger charge is -2.32. The summed E-state index contributed by atoms with van der Waals surface area (Å²) >= 11 is 0. The number of carbonyl (C=O) groups excluding carboxylic acids is 1. The number of anilines is 1. The van der Waals surface area contributed by atoms with Gasteiger partial charge in [0, 0.05) is 11.3 Å². The zero-order valence-electron chi connectivity index (χ0n) is 16.7. The number of benzene rings is 2. The van der Waals surface area contributed by atoms with Crippen LogP contribution in [0.15, 0.2) is 53.1 Å². The molecule has 1 aliphatic heterocycles. The second-order valence-electron chi connectivity index (χ2n) is 7.23. The Balaban J connectivity index is 1.44. The molecule has 0 saturated carbocycles. The van der Waals surface area contributed by atoms with Gasteiger partial charge in [0.15, 0.2) is 0 Å². The van der Waals surface area contributed by atoms with Crippen molar-refractivity contribution in [3.05, 3.63) is 60.2 Å². The molecular formula is C22H23FN4O3. The molecule has 0 aliphatic carbocycles. The number of nitrogens with one attached hydrogen (secondary N) is 1. The molecule has 4 rings (SSSR count). The Morgan fingerprint density at radius 3 is 2.87 bits per heavy atom. The fraction of sp³-hybridized carbons (Fsp3) is 0.318. The molecule has 1 amide bonds. The third-order valence-corrected chi connectivity index (χ3v) is 5.14. The lowest BCUT2D eigenvalue weighted by atomic mass is 10.0. The maximum atomic E-state index is 13.5. The Labute approximate surface area is 173 Å². The number of piperidine rings is 1. The van der Waals surface area contributed by atoms with E-state index >= 15 is 0 Å². The van der Waals surface area contributed by atoms with Crippen LogP contribution in [0, 0.1) is 5.82 Å². The maximum absolute atomic E-state index is 13.5. The number of ether oxygens (including phenoxy) is 1. The predicted molar refractivity (Wildman–Crippen MR) is 109 cm³/mol. The number of halogens is 1. The molecule has 3 aromatic rings. The van der Waals surface area contributed by atoms with Gasteiger partial charge in [0.25, 0.3) is 0 Å². The van der Waals surface area contributed by atoms with Crippen LogP contribution in [-0.2, 0) is 4.79 Å². The van der Waals surface area contributed by atoms with Gasteiger partial charge < -0.3 is 14.6 Å². The van der Waals surface area contributed by atoms with E-state index in [1.807, 2.05) is 4.90 Å². The Bertz CT molecular complexity index is 1010. The van der Waals surface area contributed by atoms with Crippen LogP contribution in [0.4, 0.5) is 10.1 Å². The number of hydrogen-bond donors (Lipinski definition) is 1. The topological polar surface area (TPSA) is 80.5 Å². The standard InChI is InChI=1S/C22H23FN4O3/c1-29-18-10-8-17(9-11-18)24-20(28)14-27-12-3-2-7-19(27)22-25-21(26-30-22)15-5-4-6-16(23)13-15/h4-6,8-11,13,19H,2-3,7,12,14H2,1H3,(H,24,28). The summed E-state index contributed by atoms with van der Waals surface area (Å²) in [5.41, 5.74) is 1.27. The second-order valence-corrected chi connectivity index (χ2v) is 7.23. The van der Waals surface area contributed by atoms with Gasteiger partial charge in [-0.15, -0.1) is 0 Å². The number of aromatic nitrogens is 2. The zero-order valence-corrected chi connectivity index (χ0v) is 16.7. The molecule has 8 heteroatoms. The SMILES string of the molecule is COc1ccc(NC(=O)CN2CCCCC2c2nc(-c3cccc(F)c3)no2)cc1. The molecule has 30 heavy (non-hydrogen) atoms. The number of methoxy groups -OCH3 is 1. The van der Waals surface area contributed by atoms with E-state index in [4.69, 9.17) is 9.26 Å². The van der Waals surface area contributed by atoms with Gasteiger partial charge in [-0.1, -0.05) is 23.7 Å². The van der Waals surface area contributed by atoms with Gasteiger partial charge in [-0.25, -0.2) is 4.39 Å². The summed E-state index contributed by atoms with van der Waals surface area (Å²) < 4.78 is 24.1. The Morgan fingerprint density at radius 1 is 1.27 bits per heavy atom. The largest absolute Gasteiger partial charge is 0.497 e. The van der Waals surface area contributed by atoms with Crippen molar-refractivity contribution < 1.29 is 18.4 Å². The van der Waals surface area contributed by atoms with Crippen LogP contribution in [0.25, 0.3) is 11.4 Å². The molecule has 2 heterocycles. The van der Waals surface area contributed by atoms with Gasteiger partial charge in [0.05, 0.1) is 19.7 Å². The summed E-state index contributed by atoms with van der Waals surface area (Å²) in [5.74, 6) is 1.06. The van der Waals surface area contributed by atoms with Crippen molar-refractivity contribution in [2.24, 2.45) is 0 Å². The van der Waals surface area contributed by atoms with Gasteiger partial charge >= 0.3 is 0 Å². The van der Waals surface area contributed by atoms with E-state index in [1.54, 1.807) is 43.5 Å². The number of hydrogen-bond acceptors (Lipinski definition) is 6. The van der Waals surface area contributed by atoms with E-state index in [-0.39, 0.29) is 24.3 Å². The fourth-order valence-corrected chi connectivity index (χ4v) is 3.63. The molecule has 0 radical (unpaired) electrons. The van der Waals surface area contributed by atoms with E-state index in [0.29, 0.717) is 23.0 Å². The molecule has 1 N–H and O–H groups in total. The number of amides is 1. The second kappa shape index (κ2) is 9.04. The number of likely N-dealkylation sites (tertiary alicyclic amines) is 1. The first-order chi connectivity index (χ1) is 14.6. The van der Waals surface area contributed by atoms with Gasteiger partial charge in [-0.3, -0.25) is 9.69 Å². The Kier molecular flexibility index (Phi) is 6.04. The number of rotatable bonds is 6. The lowest BCUT2D eigenvalue weighted by Crippen LogP contribution is -2.39. The molecule has 0 spiro atoms. The average Bonchev–Trinajstić information content (AvgIpc) is 3.25. The van der Waals surface area contributed by atoms with E-state index in [0.717, 1.165) is 31.6 Å².